The fourth-order valence-electron chi connectivity index (χ4n) is 1.52. The highest BCUT2D eigenvalue weighted by Crippen LogP contribution is 2.19. The van der Waals surface area contributed by atoms with Gasteiger partial charge in [-0.05, 0) is 47.5 Å². The van der Waals surface area contributed by atoms with E-state index in [0.29, 0.717) is 11.3 Å². The molecule has 1 unspecified atom stereocenters. The number of carbonyl (C=O) groups excluding carboxylic acids is 1. The summed E-state index contributed by atoms with van der Waals surface area (Å²) >= 11 is 3.34. The SMILES string of the molecule is CCCC(C)NC(=O)c1cc(N)ccc1Br. The van der Waals surface area contributed by atoms with Crippen LogP contribution in [0.25, 0.3) is 0 Å². The fraction of sp³-hybridized carbons (Fsp3) is 0.417. The Labute approximate surface area is 105 Å². The molecule has 0 aromatic heterocycles. The van der Waals surface area contributed by atoms with Gasteiger partial charge in [0.15, 0.2) is 0 Å². The molecule has 0 fully saturated rings. The van der Waals surface area contributed by atoms with E-state index in [0.717, 1.165) is 17.3 Å². The van der Waals surface area contributed by atoms with Gasteiger partial charge in [-0.1, -0.05) is 13.3 Å². The van der Waals surface area contributed by atoms with Crippen LogP contribution in [0.5, 0.6) is 0 Å². The number of hydrogen-bond acceptors (Lipinski definition) is 2. The summed E-state index contributed by atoms with van der Waals surface area (Å²) in [5, 5.41) is 2.94. The molecule has 1 rings (SSSR count). The van der Waals surface area contributed by atoms with Crippen molar-refractivity contribution in [3.63, 3.8) is 0 Å². The lowest BCUT2D eigenvalue weighted by Gasteiger charge is -2.13. The molecule has 0 heterocycles. The van der Waals surface area contributed by atoms with E-state index < -0.39 is 0 Å². The molecule has 1 atom stereocenters. The molecule has 3 nitrogen and oxygen atoms in total. The zero-order chi connectivity index (χ0) is 12.1. The Morgan fingerprint density at radius 2 is 2.25 bits per heavy atom. The maximum Gasteiger partial charge on any atom is 0.252 e. The van der Waals surface area contributed by atoms with E-state index in [1.807, 2.05) is 6.92 Å². The van der Waals surface area contributed by atoms with Gasteiger partial charge in [0.2, 0.25) is 0 Å². The largest absolute Gasteiger partial charge is 0.399 e. The third-order valence-corrected chi connectivity index (χ3v) is 3.03. The predicted molar refractivity (Wildman–Crippen MR) is 70.4 cm³/mol. The molecule has 1 aromatic rings. The summed E-state index contributed by atoms with van der Waals surface area (Å²) in [7, 11) is 0. The van der Waals surface area contributed by atoms with Crippen molar-refractivity contribution in [1.82, 2.24) is 5.32 Å². The van der Waals surface area contributed by atoms with Crippen molar-refractivity contribution in [2.24, 2.45) is 0 Å². The third kappa shape index (κ3) is 3.52. The topological polar surface area (TPSA) is 55.1 Å². The van der Waals surface area contributed by atoms with Gasteiger partial charge >= 0.3 is 0 Å². The van der Waals surface area contributed by atoms with Gasteiger partial charge in [-0.3, -0.25) is 4.79 Å². The van der Waals surface area contributed by atoms with Crippen molar-refractivity contribution in [3.05, 3.63) is 28.2 Å². The van der Waals surface area contributed by atoms with E-state index >= 15 is 0 Å². The molecule has 0 radical (unpaired) electrons. The smallest absolute Gasteiger partial charge is 0.252 e. The van der Waals surface area contributed by atoms with Gasteiger partial charge in [0, 0.05) is 16.2 Å². The van der Waals surface area contributed by atoms with Crippen molar-refractivity contribution in [3.8, 4) is 0 Å². The van der Waals surface area contributed by atoms with Crippen molar-refractivity contribution in [1.29, 1.82) is 0 Å². The first-order valence-corrected chi connectivity index (χ1v) is 6.19. The molecule has 3 N–H and O–H groups in total. The number of nitrogens with one attached hydrogen (secondary N) is 1. The van der Waals surface area contributed by atoms with E-state index in [2.05, 4.69) is 28.2 Å². The van der Waals surface area contributed by atoms with Crippen molar-refractivity contribution in [2.75, 3.05) is 5.73 Å². The summed E-state index contributed by atoms with van der Waals surface area (Å²) in [6.07, 6.45) is 2.03. The van der Waals surface area contributed by atoms with E-state index in [1.165, 1.54) is 0 Å². The Kier molecular flexibility index (Phi) is 4.80. The summed E-state index contributed by atoms with van der Waals surface area (Å²) in [5.41, 5.74) is 6.83. The second-order valence-electron chi connectivity index (χ2n) is 3.90. The number of carbonyl (C=O) groups is 1. The highest BCUT2D eigenvalue weighted by molar-refractivity contribution is 9.10. The fourth-order valence-corrected chi connectivity index (χ4v) is 1.95. The van der Waals surface area contributed by atoms with Gasteiger partial charge in [0.25, 0.3) is 5.91 Å². The van der Waals surface area contributed by atoms with Gasteiger partial charge in [0.1, 0.15) is 0 Å². The van der Waals surface area contributed by atoms with Crippen LogP contribution in [-0.4, -0.2) is 11.9 Å². The van der Waals surface area contributed by atoms with Crippen LogP contribution in [-0.2, 0) is 0 Å². The van der Waals surface area contributed by atoms with Crippen LogP contribution in [0.4, 0.5) is 5.69 Å². The van der Waals surface area contributed by atoms with Crippen LogP contribution < -0.4 is 11.1 Å². The molecule has 4 heteroatoms. The lowest BCUT2D eigenvalue weighted by molar-refractivity contribution is 0.0937. The molecule has 1 amide bonds. The molecule has 0 aliphatic rings. The van der Waals surface area contributed by atoms with Crippen molar-refractivity contribution >= 4 is 27.5 Å². The number of nitrogen functional groups attached to an aromatic ring is 1. The quantitative estimate of drug-likeness (QED) is 0.836. The standard InChI is InChI=1S/C12H17BrN2O/c1-3-4-8(2)15-12(16)10-7-9(14)5-6-11(10)13/h5-8H,3-4,14H2,1-2H3,(H,15,16). The number of benzene rings is 1. The lowest BCUT2D eigenvalue weighted by Crippen LogP contribution is -2.32. The first-order chi connectivity index (χ1) is 7.54. The van der Waals surface area contributed by atoms with Crippen LogP contribution in [0.3, 0.4) is 0 Å². The maximum absolute atomic E-state index is 11.9. The molecule has 0 bridgehead atoms. The minimum Gasteiger partial charge on any atom is -0.399 e. The monoisotopic (exact) mass is 284 g/mol. The molecule has 0 aliphatic carbocycles. The summed E-state index contributed by atoms with van der Waals surface area (Å²) in [5.74, 6) is -0.0832. The Morgan fingerprint density at radius 1 is 1.56 bits per heavy atom. The number of halogens is 1. The van der Waals surface area contributed by atoms with Crippen LogP contribution in [0.15, 0.2) is 22.7 Å². The number of amides is 1. The van der Waals surface area contributed by atoms with E-state index in [9.17, 15) is 4.79 Å². The Bertz CT molecular complexity index is 379. The normalized spacial score (nSPS) is 12.2. The summed E-state index contributed by atoms with van der Waals surface area (Å²) in [6, 6.07) is 5.41. The summed E-state index contributed by atoms with van der Waals surface area (Å²) < 4.78 is 0.767. The second-order valence-corrected chi connectivity index (χ2v) is 4.76. The molecular formula is C12H17BrN2O. The zero-order valence-electron chi connectivity index (χ0n) is 9.59. The highest BCUT2D eigenvalue weighted by atomic mass is 79.9. The third-order valence-electron chi connectivity index (χ3n) is 2.33. The highest BCUT2D eigenvalue weighted by Gasteiger charge is 2.12. The Balaban J connectivity index is 2.76. The van der Waals surface area contributed by atoms with Crippen molar-refractivity contribution < 1.29 is 4.79 Å². The van der Waals surface area contributed by atoms with Gasteiger partial charge in [-0.25, -0.2) is 0 Å². The number of rotatable bonds is 4. The number of hydrogen-bond donors (Lipinski definition) is 2. The average Bonchev–Trinajstić information content (AvgIpc) is 2.21. The van der Waals surface area contributed by atoms with E-state index in [-0.39, 0.29) is 11.9 Å². The molecular weight excluding hydrogens is 268 g/mol. The Morgan fingerprint density at radius 3 is 2.88 bits per heavy atom. The minimum atomic E-state index is -0.0832. The zero-order valence-corrected chi connectivity index (χ0v) is 11.2. The molecule has 0 spiro atoms. The van der Waals surface area contributed by atoms with Gasteiger partial charge in [-0.15, -0.1) is 0 Å². The predicted octanol–water partition coefficient (Wildman–Crippen LogP) is 2.95. The Hall–Kier alpha value is -1.03. The van der Waals surface area contributed by atoms with Crippen LogP contribution in [0.1, 0.15) is 37.0 Å². The molecule has 1 aromatic carbocycles. The average molecular weight is 285 g/mol. The summed E-state index contributed by atoms with van der Waals surface area (Å²) in [4.78, 5) is 11.9. The number of anilines is 1. The van der Waals surface area contributed by atoms with E-state index in [1.54, 1.807) is 18.2 Å². The molecule has 88 valence electrons. The maximum atomic E-state index is 11.9. The first-order valence-electron chi connectivity index (χ1n) is 5.40. The summed E-state index contributed by atoms with van der Waals surface area (Å²) in [6.45, 7) is 4.10. The first kappa shape index (κ1) is 13.0. The van der Waals surface area contributed by atoms with E-state index in [4.69, 9.17) is 5.73 Å². The van der Waals surface area contributed by atoms with Gasteiger partial charge in [0.05, 0.1) is 5.56 Å². The van der Waals surface area contributed by atoms with Crippen LogP contribution >= 0.6 is 15.9 Å². The molecule has 0 saturated carbocycles. The van der Waals surface area contributed by atoms with Crippen LogP contribution in [0, 0.1) is 0 Å². The van der Waals surface area contributed by atoms with Gasteiger partial charge in [-0.2, -0.15) is 0 Å². The second kappa shape index (κ2) is 5.89. The molecule has 0 saturated heterocycles. The van der Waals surface area contributed by atoms with Gasteiger partial charge < -0.3 is 11.1 Å². The molecule has 16 heavy (non-hydrogen) atoms. The van der Waals surface area contributed by atoms with Crippen LogP contribution in [0.2, 0.25) is 0 Å². The molecule has 0 aliphatic heterocycles. The lowest BCUT2D eigenvalue weighted by atomic mass is 10.1. The van der Waals surface area contributed by atoms with Crippen molar-refractivity contribution in [2.45, 2.75) is 32.7 Å². The number of nitrogens with two attached hydrogens (primary N) is 1. The minimum absolute atomic E-state index is 0.0832.